The Balaban J connectivity index is 1.29. The van der Waals surface area contributed by atoms with Gasteiger partial charge in [-0.25, -0.2) is 0 Å². The predicted octanol–water partition coefficient (Wildman–Crippen LogP) is 2.40. The molecule has 1 amide bonds. The standard InChI is InChI=1S/C22H27N3O3/c1-17(24-10-12-25(13-11-24)18-6-3-2-4-7-18)16-23-22(26)19-8-5-9-20-21(19)28-15-14-27-20/h2-9,17H,10-16H2,1H3,(H,23,26). The summed E-state index contributed by atoms with van der Waals surface area (Å²) in [6.07, 6.45) is 0. The first-order chi connectivity index (χ1) is 13.7. The van der Waals surface area contributed by atoms with Gasteiger partial charge in [-0.3, -0.25) is 9.69 Å². The van der Waals surface area contributed by atoms with Crippen LogP contribution in [0.1, 0.15) is 17.3 Å². The Hall–Kier alpha value is -2.73. The minimum atomic E-state index is -0.114. The van der Waals surface area contributed by atoms with Crippen molar-refractivity contribution in [2.24, 2.45) is 0 Å². The first kappa shape index (κ1) is 18.6. The van der Waals surface area contributed by atoms with Gasteiger partial charge < -0.3 is 19.7 Å². The van der Waals surface area contributed by atoms with Crippen molar-refractivity contribution in [1.29, 1.82) is 0 Å². The number of amides is 1. The molecule has 0 bridgehead atoms. The molecule has 2 heterocycles. The summed E-state index contributed by atoms with van der Waals surface area (Å²) in [4.78, 5) is 17.5. The van der Waals surface area contributed by atoms with Crippen molar-refractivity contribution in [1.82, 2.24) is 10.2 Å². The number of piperazine rings is 1. The Bertz CT molecular complexity index is 804. The van der Waals surface area contributed by atoms with Crippen LogP contribution in [0.5, 0.6) is 11.5 Å². The number of carbonyl (C=O) groups is 1. The lowest BCUT2D eigenvalue weighted by Crippen LogP contribution is -2.52. The second-order valence-corrected chi connectivity index (χ2v) is 7.25. The SMILES string of the molecule is CC(CNC(=O)c1cccc2c1OCCO2)N1CCN(c2ccccc2)CC1. The topological polar surface area (TPSA) is 54.0 Å². The third-order valence-electron chi connectivity index (χ3n) is 5.43. The van der Waals surface area contributed by atoms with Crippen LogP contribution in [0.2, 0.25) is 0 Å². The number of para-hydroxylation sites is 2. The molecule has 0 aromatic heterocycles. The summed E-state index contributed by atoms with van der Waals surface area (Å²) in [6, 6.07) is 16.2. The molecule has 6 heteroatoms. The smallest absolute Gasteiger partial charge is 0.255 e. The average Bonchev–Trinajstić information content (AvgIpc) is 2.77. The van der Waals surface area contributed by atoms with Gasteiger partial charge in [-0.05, 0) is 31.2 Å². The maximum absolute atomic E-state index is 12.7. The molecule has 6 nitrogen and oxygen atoms in total. The maximum atomic E-state index is 12.7. The van der Waals surface area contributed by atoms with E-state index in [1.807, 2.05) is 18.2 Å². The molecule has 1 unspecified atom stereocenters. The summed E-state index contributed by atoms with van der Waals surface area (Å²) in [5, 5.41) is 3.06. The Kier molecular flexibility index (Phi) is 5.67. The van der Waals surface area contributed by atoms with Gasteiger partial charge in [0.15, 0.2) is 11.5 Å². The minimum Gasteiger partial charge on any atom is -0.486 e. The van der Waals surface area contributed by atoms with Crippen LogP contribution in [0.15, 0.2) is 48.5 Å². The van der Waals surface area contributed by atoms with E-state index in [1.54, 1.807) is 6.07 Å². The maximum Gasteiger partial charge on any atom is 0.255 e. The number of hydrogen-bond donors (Lipinski definition) is 1. The molecule has 2 aliphatic heterocycles. The van der Waals surface area contributed by atoms with E-state index in [1.165, 1.54) is 5.69 Å². The molecule has 28 heavy (non-hydrogen) atoms. The zero-order chi connectivity index (χ0) is 19.3. The summed E-state index contributed by atoms with van der Waals surface area (Å²) >= 11 is 0. The Morgan fingerprint density at radius 2 is 1.75 bits per heavy atom. The van der Waals surface area contributed by atoms with Crippen LogP contribution in [0.3, 0.4) is 0 Å². The number of hydrogen-bond acceptors (Lipinski definition) is 5. The number of benzene rings is 2. The summed E-state index contributed by atoms with van der Waals surface area (Å²) in [5.74, 6) is 1.08. The number of nitrogens with zero attached hydrogens (tertiary/aromatic N) is 2. The summed E-state index contributed by atoms with van der Waals surface area (Å²) < 4.78 is 11.2. The first-order valence-corrected chi connectivity index (χ1v) is 9.93. The molecule has 2 aliphatic rings. The monoisotopic (exact) mass is 381 g/mol. The molecule has 0 spiro atoms. The van der Waals surface area contributed by atoms with E-state index in [-0.39, 0.29) is 11.9 Å². The molecule has 2 aromatic rings. The van der Waals surface area contributed by atoms with Gasteiger partial charge in [0.25, 0.3) is 5.91 Å². The molecule has 2 aromatic carbocycles. The zero-order valence-electron chi connectivity index (χ0n) is 16.3. The third kappa shape index (κ3) is 4.07. The highest BCUT2D eigenvalue weighted by Gasteiger charge is 2.23. The fourth-order valence-electron chi connectivity index (χ4n) is 3.78. The second kappa shape index (κ2) is 8.52. The molecule has 0 aliphatic carbocycles. The first-order valence-electron chi connectivity index (χ1n) is 9.93. The number of anilines is 1. The van der Waals surface area contributed by atoms with Crippen LogP contribution in [0.4, 0.5) is 5.69 Å². The Labute approximate surface area is 166 Å². The number of rotatable bonds is 5. The summed E-state index contributed by atoms with van der Waals surface area (Å²) in [7, 11) is 0. The fraction of sp³-hybridized carbons (Fsp3) is 0.409. The molecule has 1 N–H and O–H groups in total. The molecule has 4 rings (SSSR count). The molecule has 1 atom stereocenters. The third-order valence-corrected chi connectivity index (χ3v) is 5.43. The minimum absolute atomic E-state index is 0.114. The fourth-order valence-corrected chi connectivity index (χ4v) is 3.78. The van der Waals surface area contributed by atoms with Gasteiger partial charge >= 0.3 is 0 Å². The predicted molar refractivity (Wildman–Crippen MR) is 109 cm³/mol. The van der Waals surface area contributed by atoms with E-state index in [4.69, 9.17) is 9.47 Å². The van der Waals surface area contributed by atoms with E-state index < -0.39 is 0 Å². The van der Waals surface area contributed by atoms with Crippen molar-refractivity contribution in [2.75, 3.05) is 50.8 Å². The Morgan fingerprint density at radius 3 is 2.54 bits per heavy atom. The van der Waals surface area contributed by atoms with Gasteiger partial charge in [0.05, 0.1) is 5.56 Å². The molecule has 0 saturated carbocycles. The zero-order valence-corrected chi connectivity index (χ0v) is 16.3. The summed E-state index contributed by atoms with van der Waals surface area (Å²) in [5.41, 5.74) is 1.82. The van der Waals surface area contributed by atoms with Gasteiger partial charge in [0.2, 0.25) is 0 Å². The van der Waals surface area contributed by atoms with Crippen molar-refractivity contribution in [2.45, 2.75) is 13.0 Å². The van der Waals surface area contributed by atoms with E-state index >= 15 is 0 Å². The second-order valence-electron chi connectivity index (χ2n) is 7.25. The molecular formula is C22H27N3O3. The van der Waals surface area contributed by atoms with E-state index in [2.05, 4.69) is 46.3 Å². The van der Waals surface area contributed by atoms with Crippen LogP contribution in [0.25, 0.3) is 0 Å². The van der Waals surface area contributed by atoms with Crippen molar-refractivity contribution in [3.63, 3.8) is 0 Å². The van der Waals surface area contributed by atoms with Crippen LogP contribution >= 0.6 is 0 Å². The van der Waals surface area contributed by atoms with Gasteiger partial charge in [-0.2, -0.15) is 0 Å². The lowest BCUT2D eigenvalue weighted by atomic mass is 10.1. The molecular weight excluding hydrogens is 354 g/mol. The number of carbonyl (C=O) groups excluding carboxylic acids is 1. The summed E-state index contributed by atoms with van der Waals surface area (Å²) in [6.45, 7) is 7.74. The highest BCUT2D eigenvalue weighted by atomic mass is 16.6. The van der Waals surface area contributed by atoms with Gasteiger partial charge in [0, 0.05) is 44.5 Å². The normalized spacial score (nSPS) is 17.8. The quantitative estimate of drug-likeness (QED) is 0.862. The number of nitrogens with one attached hydrogen (secondary N) is 1. The number of ether oxygens (including phenoxy) is 2. The van der Waals surface area contributed by atoms with Crippen LogP contribution < -0.4 is 19.7 Å². The molecule has 1 fully saturated rings. The van der Waals surface area contributed by atoms with Crippen LogP contribution in [-0.4, -0.2) is 62.8 Å². The Morgan fingerprint density at radius 1 is 1.00 bits per heavy atom. The highest BCUT2D eigenvalue weighted by molar-refractivity contribution is 5.97. The molecule has 0 radical (unpaired) electrons. The molecule has 1 saturated heterocycles. The van der Waals surface area contributed by atoms with Crippen LogP contribution in [0, 0.1) is 0 Å². The van der Waals surface area contributed by atoms with E-state index in [0.29, 0.717) is 36.8 Å². The van der Waals surface area contributed by atoms with Gasteiger partial charge in [-0.1, -0.05) is 24.3 Å². The van der Waals surface area contributed by atoms with Gasteiger partial charge in [0.1, 0.15) is 13.2 Å². The largest absolute Gasteiger partial charge is 0.486 e. The van der Waals surface area contributed by atoms with Crippen molar-refractivity contribution < 1.29 is 14.3 Å². The lowest BCUT2D eigenvalue weighted by molar-refractivity contribution is 0.0923. The van der Waals surface area contributed by atoms with Crippen molar-refractivity contribution in [3.8, 4) is 11.5 Å². The lowest BCUT2D eigenvalue weighted by Gasteiger charge is -2.39. The van der Waals surface area contributed by atoms with Gasteiger partial charge in [-0.15, -0.1) is 0 Å². The van der Waals surface area contributed by atoms with Crippen molar-refractivity contribution in [3.05, 3.63) is 54.1 Å². The van der Waals surface area contributed by atoms with E-state index in [0.717, 1.165) is 26.2 Å². The highest BCUT2D eigenvalue weighted by Crippen LogP contribution is 2.33. The van der Waals surface area contributed by atoms with Crippen molar-refractivity contribution >= 4 is 11.6 Å². The average molecular weight is 381 g/mol. The van der Waals surface area contributed by atoms with Crippen LogP contribution in [-0.2, 0) is 0 Å². The number of fused-ring (bicyclic) bond motifs is 1. The van der Waals surface area contributed by atoms with E-state index in [9.17, 15) is 4.79 Å². The molecule has 148 valence electrons.